The third-order valence-electron chi connectivity index (χ3n) is 4.45. The van der Waals surface area contributed by atoms with Gasteiger partial charge in [0.1, 0.15) is 0 Å². The minimum Gasteiger partial charge on any atom is -0.493 e. The Balaban J connectivity index is 1.57. The van der Waals surface area contributed by atoms with Crippen LogP contribution in [0.25, 0.3) is 0 Å². The molecule has 0 spiro atoms. The zero-order valence-corrected chi connectivity index (χ0v) is 18.4. The number of nitrogens with one attached hydrogen (secondary N) is 2. The van der Waals surface area contributed by atoms with Crippen LogP contribution in [0, 0.1) is 6.92 Å². The van der Waals surface area contributed by atoms with Gasteiger partial charge < -0.3 is 24.8 Å². The lowest BCUT2D eigenvalue weighted by atomic mass is 10.2. The van der Waals surface area contributed by atoms with E-state index >= 15 is 0 Å². The van der Waals surface area contributed by atoms with Crippen molar-refractivity contribution in [2.45, 2.75) is 20.0 Å². The Hall–Kier alpha value is -3.26. The zero-order valence-electron chi connectivity index (χ0n) is 17.6. The van der Waals surface area contributed by atoms with Crippen molar-refractivity contribution in [3.05, 3.63) is 64.0 Å². The monoisotopic (exact) mass is 426 g/mol. The van der Waals surface area contributed by atoms with Gasteiger partial charge in [-0.2, -0.15) is 0 Å². The van der Waals surface area contributed by atoms with Gasteiger partial charge in [0.2, 0.25) is 11.6 Å². The average molecular weight is 427 g/mol. The summed E-state index contributed by atoms with van der Waals surface area (Å²) < 4.78 is 16.6. The Kier molecular flexibility index (Phi) is 7.51. The van der Waals surface area contributed by atoms with E-state index in [0.29, 0.717) is 29.7 Å². The van der Waals surface area contributed by atoms with Gasteiger partial charge in [-0.15, -0.1) is 11.3 Å². The molecule has 0 fully saturated rings. The van der Waals surface area contributed by atoms with Crippen LogP contribution in [0.1, 0.15) is 16.0 Å². The fourth-order valence-electron chi connectivity index (χ4n) is 2.75. The number of ether oxygens (including phenoxy) is 3. The normalized spacial score (nSPS) is 11.1. The molecule has 0 saturated heterocycles. The van der Waals surface area contributed by atoms with Gasteiger partial charge in [0.25, 0.3) is 0 Å². The Labute approximate surface area is 180 Å². The molecule has 0 unspecified atom stereocenters. The van der Waals surface area contributed by atoms with Crippen molar-refractivity contribution < 1.29 is 14.2 Å². The van der Waals surface area contributed by atoms with Crippen LogP contribution in [0.15, 0.2) is 53.0 Å². The lowest BCUT2D eigenvalue weighted by Crippen LogP contribution is -2.36. The van der Waals surface area contributed by atoms with Gasteiger partial charge in [-0.1, -0.05) is 12.1 Å². The summed E-state index contributed by atoms with van der Waals surface area (Å²) in [5, 5.41) is 8.72. The highest BCUT2D eigenvalue weighted by Crippen LogP contribution is 2.39. The molecule has 0 amide bonds. The number of hydrogen-bond donors (Lipinski definition) is 2. The fraction of sp³-hybridized carbons (Fsp3) is 0.273. The van der Waals surface area contributed by atoms with Crippen molar-refractivity contribution in [2.75, 3.05) is 21.3 Å². The average Bonchev–Trinajstić information content (AvgIpc) is 3.19. The number of para-hydroxylation sites is 1. The molecule has 0 aliphatic carbocycles. The summed E-state index contributed by atoms with van der Waals surface area (Å²) in [4.78, 5) is 9.96. The molecule has 2 aromatic heterocycles. The maximum Gasteiger partial charge on any atom is 0.219 e. The lowest BCUT2D eigenvalue weighted by molar-refractivity contribution is 0.342. The first-order valence-electron chi connectivity index (χ1n) is 9.46. The van der Waals surface area contributed by atoms with E-state index in [4.69, 9.17) is 14.2 Å². The number of pyridine rings is 1. The first-order chi connectivity index (χ1) is 14.6. The number of rotatable bonds is 8. The number of aromatic nitrogens is 1. The highest BCUT2D eigenvalue weighted by atomic mass is 32.1. The molecular weight excluding hydrogens is 400 g/mol. The van der Waals surface area contributed by atoms with Gasteiger partial charge in [0.15, 0.2) is 17.5 Å². The topological polar surface area (TPSA) is 77.0 Å². The van der Waals surface area contributed by atoms with E-state index in [1.54, 1.807) is 38.8 Å². The van der Waals surface area contributed by atoms with E-state index in [1.807, 2.05) is 30.3 Å². The molecule has 7 nitrogen and oxygen atoms in total. The maximum atomic E-state index is 5.90. The molecule has 2 heterocycles. The van der Waals surface area contributed by atoms with Crippen LogP contribution in [-0.4, -0.2) is 32.2 Å². The number of methoxy groups -OCH3 is 2. The molecule has 0 aliphatic rings. The van der Waals surface area contributed by atoms with Crippen molar-refractivity contribution in [3.8, 4) is 23.1 Å². The molecule has 0 aliphatic heterocycles. The van der Waals surface area contributed by atoms with E-state index < -0.39 is 0 Å². The minimum atomic E-state index is 0.456. The molecule has 0 atom stereocenters. The number of thiophene rings is 1. The third kappa shape index (κ3) is 5.42. The molecule has 158 valence electrons. The predicted molar refractivity (Wildman–Crippen MR) is 120 cm³/mol. The molecule has 30 heavy (non-hydrogen) atoms. The van der Waals surface area contributed by atoms with Gasteiger partial charge in [-0.3, -0.25) is 4.99 Å². The van der Waals surface area contributed by atoms with Crippen molar-refractivity contribution in [2.24, 2.45) is 4.99 Å². The predicted octanol–water partition coefficient (Wildman–Crippen LogP) is 4.13. The molecular formula is C22H26N4O3S. The summed E-state index contributed by atoms with van der Waals surface area (Å²) in [6.07, 6.45) is 1.76. The zero-order chi connectivity index (χ0) is 21.3. The summed E-state index contributed by atoms with van der Waals surface area (Å²) in [7, 11) is 4.93. The summed E-state index contributed by atoms with van der Waals surface area (Å²) in [6, 6.07) is 11.3. The van der Waals surface area contributed by atoms with Crippen molar-refractivity contribution >= 4 is 17.3 Å². The van der Waals surface area contributed by atoms with Crippen LogP contribution in [0.4, 0.5) is 0 Å². The Morgan fingerprint density at radius 2 is 1.77 bits per heavy atom. The van der Waals surface area contributed by atoms with E-state index in [1.165, 1.54) is 10.4 Å². The lowest BCUT2D eigenvalue weighted by Gasteiger charge is -2.14. The molecule has 0 bridgehead atoms. The van der Waals surface area contributed by atoms with E-state index in [9.17, 15) is 0 Å². The second-order valence-electron chi connectivity index (χ2n) is 6.40. The van der Waals surface area contributed by atoms with Crippen molar-refractivity contribution in [1.82, 2.24) is 15.6 Å². The Morgan fingerprint density at radius 1 is 1.03 bits per heavy atom. The van der Waals surface area contributed by atoms with Gasteiger partial charge in [-0.05, 0) is 41.6 Å². The molecule has 0 saturated carbocycles. The van der Waals surface area contributed by atoms with Crippen molar-refractivity contribution in [1.29, 1.82) is 0 Å². The van der Waals surface area contributed by atoms with Crippen LogP contribution in [0.5, 0.6) is 23.1 Å². The number of guanidine groups is 1. The van der Waals surface area contributed by atoms with Crippen LogP contribution in [0.3, 0.4) is 0 Å². The number of nitrogens with zero attached hydrogens (tertiary/aromatic N) is 2. The Morgan fingerprint density at radius 3 is 2.33 bits per heavy atom. The second-order valence-corrected chi connectivity index (χ2v) is 7.41. The smallest absolute Gasteiger partial charge is 0.219 e. The van der Waals surface area contributed by atoms with Gasteiger partial charge >= 0.3 is 0 Å². The van der Waals surface area contributed by atoms with Crippen LogP contribution in [0.2, 0.25) is 0 Å². The third-order valence-corrected chi connectivity index (χ3v) is 5.48. The highest BCUT2D eigenvalue weighted by molar-refractivity contribution is 7.10. The highest BCUT2D eigenvalue weighted by Gasteiger charge is 2.13. The first kappa shape index (κ1) is 21.4. The number of hydrogen-bond acceptors (Lipinski definition) is 6. The minimum absolute atomic E-state index is 0.456. The van der Waals surface area contributed by atoms with Crippen LogP contribution < -0.4 is 24.8 Å². The SMILES string of the molecule is CN=C(NCc1ccc(Oc2c(OC)cccc2OC)nc1)NCc1sccc1C. The summed E-state index contributed by atoms with van der Waals surface area (Å²) in [5.41, 5.74) is 2.29. The largest absolute Gasteiger partial charge is 0.493 e. The van der Waals surface area contributed by atoms with Gasteiger partial charge in [0, 0.05) is 30.7 Å². The molecule has 3 rings (SSSR count). The molecule has 1 aromatic carbocycles. The standard InChI is InChI=1S/C22H26N4O3S/c1-15-10-11-30-19(15)14-26-22(23-2)25-13-16-8-9-20(24-12-16)29-21-17(27-3)6-5-7-18(21)28-4/h5-12H,13-14H2,1-4H3,(H2,23,25,26). The van der Waals surface area contributed by atoms with Gasteiger partial charge in [0.05, 0.1) is 20.8 Å². The fourth-order valence-corrected chi connectivity index (χ4v) is 3.60. The van der Waals surface area contributed by atoms with E-state index in [-0.39, 0.29) is 0 Å². The number of aryl methyl sites for hydroxylation is 1. The van der Waals surface area contributed by atoms with E-state index in [0.717, 1.165) is 18.1 Å². The molecule has 0 radical (unpaired) electrons. The maximum absolute atomic E-state index is 5.90. The van der Waals surface area contributed by atoms with Gasteiger partial charge in [-0.25, -0.2) is 4.98 Å². The summed E-state index contributed by atoms with van der Waals surface area (Å²) in [6.45, 7) is 3.45. The second kappa shape index (κ2) is 10.5. The Bertz CT molecular complexity index is 964. The number of aliphatic imine (C=N–C) groups is 1. The molecule has 8 heteroatoms. The van der Waals surface area contributed by atoms with Crippen LogP contribution >= 0.6 is 11.3 Å². The van der Waals surface area contributed by atoms with Crippen LogP contribution in [-0.2, 0) is 13.1 Å². The van der Waals surface area contributed by atoms with Crippen molar-refractivity contribution in [3.63, 3.8) is 0 Å². The summed E-state index contributed by atoms with van der Waals surface area (Å²) in [5.74, 6) is 2.85. The molecule has 2 N–H and O–H groups in total. The van der Waals surface area contributed by atoms with E-state index in [2.05, 4.69) is 39.0 Å². The first-order valence-corrected chi connectivity index (χ1v) is 10.3. The quantitative estimate of drug-likeness (QED) is 0.417. The summed E-state index contributed by atoms with van der Waals surface area (Å²) >= 11 is 1.74. The number of benzene rings is 1. The molecule has 3 aromatic rings.